The van der Waals surface area contributed by atoms with Gasteiger partial charge >= 0.3 is 11.8 Å². The molecule has 8 heteroatoms. The zero-order valence-electron chi connectivity index (χ0n) is 17.8. The van der Waals surface area contributed by atoms with Crippen LogP contribution in [0.3, 0.4) is 0 Å². The second kappa shape index (κ2) is 9.62. The van der Waals surface area contributed by atoms with Crippen LogP contribution < -0.4 is 20.2 Å². The van der Waals surface area contributed by atoms with Gasteiger partial charge in [0.25, 0.3) is 0 Å². The van der Waals surface area contributed by atoms with E-state index in [1.54, 1.807) is 31.4 Å². The first-order chi connectivity index (χ1) is 14.9. The third kappa shape index (κ3) is 5.11. The fourth-order valence-corrected chi connectivity index (χ4v) is 3.17. The summed E-state index contributed by atoms with van der Waals surface area (Å²) in [5.41, 5.74) is 6.40. The van der Waals surface area contributed by atoms with Gasteiger partial charge in [0.2, 0.25) is 0 Å². The molecular weight excluding hydrogens is 396 g/mol. The van der Waals surface area contributed by atoms with Crippen LogP contribution in [0.25, 0.3) is 5.69 Å². The number of anilines is 1. The molecular formula is C23H24N4O4. The highest BCUT2D eigenvalue weighted by Crippen LogP contribution is 2.23. The number of hydrogen-bond donors (Lipinski definition) is 2. The quantitative estimate of drug-likeness (QED) is 0.364. The molecule has 0 saturated carbocycles. The van der Waals surface area contributed by atoms with E-state index in [0.717, 1.165) is 28.4 Å². The van der Waals surface area contributed by atoms with Crippen molar-refractivity contribution >= 4 is 23.7 Å². The summed E-state index contributed by atoms with van der Waals surface area (Å²) in [6.07, 6.45) is 1.51. The zero-order valence-corrected chi connectivity index (χ0v) is 17.8. The Hall–Kier alpha value is -4.07. The maximum atomic E-state index is 12.1. The lowest BCUT2D eigenvalue weighted by molar-refractivity contribution is -0.136. The van der Waals surface area contributed by atoms with Crippen molar-refractivity contribution in [2.24, 2.45) is 5.10 Å². The Morgan fingerprint density at radius 1 is 0.935 bits per heavy atom. The van der Waals surface area contributed by atoms with E-state index in [0.29, 0.717) is 11.4 Å². The summed E-state index contributed by atoms with van der Waals surface area (Å²) in [7, 11) is 3.15. The van der Waals surface area contributed by atoms with Gasteiger partial charge in [-0.1, -0.05) is 12.1 Å². The lowest BCUT2D eigenvalue weighted by atomic mass is 10.2. The summed E-state index contributed by atoms with van der Waals surface area (Å²) in [6, 6.07) is 16.4. The van der Waals surface area contributed by atoms with E-state index in [1.807, 2.05) is 44.2 Å². The van der Waals surface area contributed by atoms with Crippen molar-refractivity contribution in [2.75, 3.05) is 19.5 Å². The Balaban J connectivity index is 1.68. The van der Waals surface area contributed by atoms with E-state index in [1.165, 1.54) is 13.3 Å². The summed E-state index contributed by atoms with van der Waals surface area (Å²) in [4.78, 5) is 24.1. The molecule has 0 bridgehead atoms. The van der Waals surface area contributed by atoms with Gasteiger partial charge in [0.15, 0.2) is 0 Å². The maximum absolute atomic E-state index is 12.1. The van der Waals surface area contributed by atoms with Crippen LogP contribution in [0.5, 0.6) is 11.5 Å². The van der Waals surface area contributed by atoms with Crippen LogP contribution in [0.4, 0.5) is 5.69 Å². The summed E-state index contributed by atoms with van der Waals surface area (Å²) < 4.78 is 12.5. The molecule has 8 nitrogen and oxygen atoms in total. The molecule has 0 spiro atoms. The molecule has 0 aliphatic heterocycles. The van der Waals surface area contributed by atoms with Gasteiger partial charge < -0.3 is 19.4 Å². The highest BCUT2D eigenvalue weighted by Gasteiger charge is 2.14. The summed E-state index contributed by atoms with van der Waals surface area (Å²) >= 11 is 0. The number of ether oxygens (including phenoxy) is 2. The number of nitrogens with one attached hydrogen (secondary N) is 2. The van der Waals surface area contributed by atoms with E-state index in [4.69, 9.17) is 9.47 Å². The van der Waals surface area contributed by atoms with Gasteiger partial charge in [0, 0.05) is 40.5 Å². The van der Waals surface area contributed by atoms with Gasteiger partial charge in [-0.25, -0.2) is 5.43 Å². The van der Waals surface area contributed by atoms with Crippen LogP contribution in [0, 0.1) is 13.8 Å². The first-order valence-electron chi connectivity index (χ1n) is 9.54. The summed E-state index contributed by atoms with van der Waals surface area (Å²) in [5.74, 6) is -0.370. The third-order valence-corrected chi connectivity index (χ3v) is 4.69. The smallest absolute Gasteiger partial charge is 0.329 e. The van der Waals surface area contributed by atoms with Gasteiger partial charge in [-0.05, 0) is 44.2 Å². The number of hydrogen-bond acceptors (Lipinski definition) is 5. The molecule has 31 heavy (non-hydrogen) atoms. The molecule has 0 radical (unpaired) electrons. The molecule has 160 valence electrons. The Labute approximate surface area is 180 Å². The molecule has 2 aromatic carbocycles. The van der Waals surface area contributed by atoms with Crippen LogP contribution in [0.15, 0.2) is 59.7 Å². The minimum absolute atomic E-state index is 0.449. The predicted octanol–water partition coefficient (Wildman–Crippen LogP) is 3.20. The highest BCUT2D eigenvalue weighted by atomic mass is 16.5. The topological polar surface area (TPSA) is 94.0 Å². The predicted molar refractivity (Wildman–Crippen MR) is 119 cm³/mol. The van der Waals surface area contributed by atoms with Gasteiger partial charge in [-0.2, -0.15) is 5.10 Å². The van der Waals surface area contributed by atoms with Crippen LogP contribution in [-0.2, 0) is 9.59 Å². The number of hydrazone groups is 1. The van der Waals surface area contributed by atoms with Crippen molar-refractivity contribution in [2.45, 2.75) is 13.8 Å². The number of rotatable bonds is 6. The number of benzene rings is 2. The van der Waals surface area contributed by atoms with Crippen molar-refractivity contribution in [3.05, 3.63) is 71.5 Å². The largest absolute Gasteiger partial charge is 0.497 e. The van der Waals surface area contributed by atoms with Crippen LogP contribution in [0.2, 0.25) is 0 Å². The Morgan fingerprint density at radius 3 is 2.32 bits per heavy atom. The van der Waals surface area contributed by atoms with Gasteiger partial charge in [-0.15, -0.1) is 0 Å². The standard InChI is InChI=1S/C23H24N4O4/c1-15-11-17(16(2)27(15)19-8-6-10-21(13-19)31-4)14-24-26-23(29)22(28)25-18-7-5-9-20(12-18)30-3/h5-14H,1-4H3,(H,25,28)(H,26,29)/b24-14+. The van der Waals surface area contributed by atoms with Gasteiger partial charge in [0.05, 0.1) is 20.4 Å². The number of aryl methyl sites for hydroxylation is 1. The molecule has 3 aromatic rings. The Bertz CT molecular complexity index is 1130. The molecule has 1 aromatic heterocycles. The number of carbonyl (C=O) groups excluding carboxylic acids is 2. The molecule has 2 amide bonds. The molecule has 0 unspecified atom stereocenters. The van der Waals surface area contributed by atoms with Crippen molar-refractivity contribution < 1.29 is 19.1 Å². The van der Waals surface area contributed by atoms with Gasteiger partial charge in [0.1, 0.15) is 11.5 Å². The molecule has 2 N–H and O–H groups in total. The highest BCUT2D eigenvalue weighted by molar-refractivity contribution is 6.39. The van der Waals surface area contributed by atoms with Crippen molar-refractivity contribution in [1.29, 1.82) is 0 Å². The summed E-state index contributed by atoms with van der Waals surface area (Å²) in [5, 5.41) is 6.43. The average molecular weight is 420 g/mol. The second-order valence-corrected chi connectivity index (χ2v) is 6.75. The number of methoxy groups -OCH3 is 2. The number of amides is 2. The normalized spacial score (nSPS) is 10.7. The lowest BCUT2D eigenvalue weighted by Crippen LogP contribution is -2.32. The monoisotopic (exact) mass is 420 g/mol. The van der Waals surface area contributed by atoms with Crippen molar-refractivity contribution in [1.82, 2.24) is 9.99 Å². The Morgan fingerprint density at radius 2 is 1.61 bits per heavy atom. The first-order valence-corrected chi connectivity index (χ1v) is 9.54. The fraction of sp³-hybridized carbons (Fsp3) is 0.174. The van der Waals surface area contributed by atoms with Crippen molar-refractivity contribution in [3.63, 3.8) is 0 Å². The van der Waals surface area contributed by atoms with E-state index < -0.39 is 11.8 Å². The van der Waals surface area contributed by atoms with E-state index in [2.05, 4.69) is 20.4 Å². The molecule has 0 atom stereocenters. The van der Waals surface area contributed by atoms with E-state index in [9.17, 15) is 9.59 Å². The molecule has 1 heterocycles. The molecule has 0 aliphatic rings. The summed E-state index contributed by atoms with van der Waals surface area (Å²) in [6.45, 7) is 3.93. The lowest BCUT2D eigenvalue weighted by Gasteiger charge is -2.11. The minimum Gasteiger partial charge on any atom is -0.497 e. The molecule has 3 rings (SSSR count). The molecule has 0 aliphatic carbocycles. The van der Waals surface area contributed by atoms with Crippen LogP contribution >= 0.6 is 0 Å². The zero-order chi connectivity index (χ0) is 22.4. The van der Waals surface area contributed by atoms with Crippen LogP contribution in [-0.4, -0.2) is 36.8 Å². The first kappa shape index (κ1) is 21.6. The maximum Gasteiger partial charge on any atom is 0.329 e. The number of aromatic nitrogens is 1. The van der Waals surface area contributed by atoms with E-state index >= 15 is 0 Å². The average Bonchev–Trinajstić information content (AvgIpc) is 3.06. The van der Waals surface area contributed by atoms with Gasteiger partial charge in [-0.3, -0.25) is 9.59 Å². The van der Waals surface area contributed by atoms with Crippen LogP contribution in [0.1, 0.15) is 17.0 Å². The SMILES string of the molecule is COc1cccc(NC(=O)C(=O)N/N=C/c2cc(C)n(-c3cccc(OC)c3)c2C)c1. The minimum atomic E-state index is -0.874. The van der Waals surface area contributed by atoms with Crippen molar-refractivity contribution in [3.8, 4) is 17.2 Å². The number of carbonyl (C=O) groups is 2. The third-order valence-electron chi connectivity index (χ3n) is 4.69. The second-order valence-electron chi connectivity index (χ2n) is 6.75. The fourth-order valence-electron chi connectivity index (χ4n) is 3.17. The molecule has 0 fully saturated rings. The number of nitrogens with zero attached hydrogens (tertiary/aromatic N) is 2. The van der Waals surface area contributed by atoms with E-state index in [-0.39, 0.29) is 0 Å². The molecule has 0 saturated heterocycles. The Kier molecular flexibility index (Phi) is 6.71.